The molecule has 0 atom stereocenters. The van der Waals surface area contributed by atoms with Crippen LogP contribution in [0.3, 0.4) is 0 Å². The van der Waals surface area contributed by atoms with Gasteiger partial charge in [0, 0.05) is 19.2 Å². The van der Waals surface area contributed by atoms with Crippen LogP contribution in [-0.2, 0) is 13.1 Å². The average molecular weight is 258 g/mol. The Balaban J connectivity index is 2.00. The predicted molar refractivity (Wildman–Crippen MR) is 70.4 cm³/mol. The van der Waals surface area contributed by atoms with Gasteiger partial charge in [0.2, 0.25) is 0 Å². The van der Waals surface area contributed by atoms with Crippen LogP contribution in [0.25, 0.3) is 0 Å². The zero-order chi connectivity index (χ0) is 13.7. The molecule has 0 saturated carbocycles. The van der Waals surface area contributed by atoms with E-state index in [4.69, 9.17) is 5.73 Å². The van der Waals surface area contributed by atoms with Crippen molar-refractivity contribution in [3.05, 3.63) is 63.6 Å². The number of aromatic nitrogens is 2. The summed E-state index contributed by atoms with van der Waals surface area (Å²) < 4.78 is 0. The third-order valence-corrected chi connectivity index (χ3v) is 2.59. The predicted octanol–water partition coefficient (Wildman–Crippen LogP) is 0.159. The van der Waals surface area contributed by atoms with Crippen LogP contribution in [-0.4, -0.2) is 16.1 Å². The van der Waals surface area contributed by atoms with E-state index in [0.29, 0.717) is 13.1 Å². The van der Waals surface area contributed by atoms with Crippen LogP contribution >= 0.6 is 0 Å². The molecule has 98 valence electrons. The Morgan fingerprint density at radius 1 is 1.26 bits per heavy atom. The van der Waals surface area contributed by atoms with Gasteiger partial charge < -0.3 is 11.1 Å². The molecule has 0 aliphatic heterocycles. The third-order valence-electron chi connectivity index (χ3n) is 2.59. The van der Waals surface area contributed by atoms with Gasteiger partial charge in [0.05, 0.1) is 0 Å². The Bertz CT molecular complexity index is 616. The van der Waals surface area contributed by atoms with Crippen LogP contribution < -0.4 is 16.6 Å². The summed E-state index contributed by atoms with van der Waals surface area (Å²) >= 11 is 0. The minimum Gasteiger partial charge on any atom is -0.347 e. The van der Waals surface area contributed by atoms with Gasteiger partial charge in [0.25, 0.3) is 11.5 Å². The standard InChI is InChI=1S/C13H14N4O2/c14-7-9-2-1-3-10(6-9)8-15-13(19)11-4-5-12(18)17-16-11/h1-6H,7-8,14H2,(H,15,19)(H,17,18). The number of carbonyl (C=O) groups excluding carboxylic acids is 1. The van der Waals surface area contributed by atoms with E-state index in [1.54, 1.807) is 0 Å². The zero-order valence-electron chi connectivity index (χ0n) is 10.2. The Kier molecular flexibility index (Phi) is 4.04. The topological polar surface area (TPSA) is 101 Å². The highest BCUT2D eigenvalue weighted by atomic mass is 16.2. The van der Waals surface area contributed by atoms with Crippen molar-refractivity contribution in [1.82, 2.24) is 15.5 Å². The first-order valence-corrected chi connectivity index (χ1v) is 5.81. The van der Waals surface area contributed by atoms with E-state index < -0.39 is 0 Å². The molecule has 1 heterocycles. The van der Waals surface area contributed by atoms with E-state index in [2.05, 4.69) is 15.5 Å². The first kappa shape index (κ1) is 13.0. The summed E-state index contributed by atoms with van der Waals surface area (Å²) in [4.78, 5) is 22.6. The maximum Gasteiger partial charge on any atom is 0.271 e. The molecule has 0 aliphatic rings. The molecule has 6 heteroatoms. The molecule has 2 aromatic rings. The molecule has 0 bridgehead atoms. The molecular formula is C13H14N4O2. The molecule has 1 aromatic heterocycles. The van der Waals surface area contributed by atoms with E-state index in [-0.39, 0.29) is 17.2 Å². The number of nitrogens with two attached hydrogens (primary N) is 1. The van der Waals surface area contributed by atoms with E-state index in [9.17, 15) is 9.59 Å². The second kappa shape index (κ2) is 5.92. The van der Waals surface area contributed by atoms with Crippen LogP contribution in [0.1, 0.15) is 21.6 Å². The van der Waals surface area contributed by atoms with Crippen molar-refractivity contribution < 1.29 is 4.79 Å². The maximum atomic E-state index is 11.8. The lowest BCUT2D eigenvalue weighted by Crippen LogP contribution is -2.25. The van der Waals surface area contributed by atoms with Crippen LogP contribution in [0.5, 0.6) is 0 Å². The van der Waals surface area contributed by atoms with Crippen LogP contribution in [0.4, 0.5) is 0 Å². The van der Waals surface area contributed by atoms with Crippen LogP contribution in [0, 0.1) is 0 Å². The fourth-order valence-corrected chi connectivity index (χ4v) is 1.61. The van der Waals surface area contributed by atoms with Gasteiger partial charge in [-0.1, -0.05) is 24.3 Å². The molecule has 0 unspecified atom stereocenters. The number of carbonyl (C=O) groups is 1. The van der Waals surface area contributed by atoms with Crippen molar-refractivity contribution in [3.8, 4) is 0 Å². The highest BCUT2D eigenvalue weighted by Gasteiger charge is 2.06. The van der Waals surface area contributed by atoms with Gasteiger partial charge in [-0.15, -0.1) is 0 Å². The summed E-state index contributed by atoms with van der Waals surface area (Å²) in [7, 11) is 0. The second-order valence-corrected chi connectivity index (χ2v) is 4.01. The van der Waals surface area contributed by atoms with Crippen LogP contribution in [0.2, 0.25) is 0 Å². The van der Waals surface area contributed by atoms with Gasteiger partial charge in [-0.25, -0.2) is 5.10 Å². The Hall–Kier alpha value is -2.47. The molecule has 0 fully saturated rings. The molecule has 19 heavy (non-hydrogen) atoms. The minimum absolute atomic E-state index is 0.176. The van der Waals surface area contributed by atoms with Gasteiger partial charge in [-0.3, -0.25) is 9.59 Å². The molecule has 1 aromatic carbocycles. The summed E-state index contributed by atoms with van der Waals surface area (Å²) in [5, 5.41) is 8.59. The number of nitrogens with one attached hydrogen (secondary N) is 2. The molecule has 0 saturated heterocycles. The number of amides is 1. The van der Waals surface area contributed by atoms with Crippen molar-refractivity contribution in [1.29, 1.82) is 0 Å². The van der Waals surface area contributed by atoms with Gasteiger partial charge in [-0.05, 0) is 17.2 Å². The Morgan fingerprint density at radius 2 is 2.05 bits per heavy atom. The summed E-state index contributed by atoms with van der Waals surface area (Å²) in [6, 6.07) is 10.3. The van der Waals surface area contributed by atoms with Crippen LogP contribution in [0.15, 0.2) is 41.2 Å². The molecule has 6 nitrogen and oxygen atoms in total. The Labute approximate surface area is 109 Å². The molecule has 1 amide bonds. The largest absolute Gasteiger partial charge is 0.347 e. The highest BCUT2D eigenvalue weighted by Crippen LogP contribution is 2.04. The lowest BCUT2D eigenvalue weighted by atomic mass is 10.1. The molecule has 4 N–H and O–H groups in total. The normalized spacial score (nSPS) is 10.2. The summed E-state index contributed by atoms with van der Waals surface area (Å²) in [6.45, 7) is 0.844. The number of hydrogen-bond donors (Lipinski definition) is 3. The lowest BCUT2D eigenvalue weighted by Gasteiger charge is -2.06. The average Bonchev–Trinajstić information content (AvgIpc) is 2.46. The number of nitrogens with zero attached hydrogens (tertiary/aromatic N) is 1. The fourth-order valence-electron chi connectivity index (χ4n) is 1.61. The fraction of sp³-hybridized carbons (Fsp3) is 0.154. The van der Waals surface area contributed by atoms with Gasteiger partial charge in [0.15, 0.2) is 0 Å². The first-order valence-electron chi connectivity index (χ1n) is 5.81. The van der Waals surface area contributed by atoms with Gasteiger partial charge in [-0.2, -0.15) is 5.10 Å². The minimum atomic E-state index is -0.341. The monoisotopic (exact) mass is 258 g/mol. The van der Waals surface area contributed by atoms with E-state index in [0.717, 1.165) is 11.1 Å². The molecule has 0 aliphatic carbocycles. The summed E-state index contributed by atoms with van der Waals surface area (Å²) in [6.07, 6.45) is 0. The van der Waals surface area contributed by atoms with Crippen molar-refractivity contribution in [2.75, 3.05) is 0 Å². The highest BCUT2D eigenvalue weighted by molar-refractivity contribution is 5.91. The molecule has 0 radical (unpaired) electrons. The Morgan fingerprint density at radius 3 is 2.74 bits per heavy atom. The van der Waals surface area contributed by atoms with E-state index >= 15 is 0 Å². The quantitative estimate of drug-likeness (QED) is 0.727. The number of aromatic amines is 1. The number of rotatable bonds is 4. The smallest absolute Gasteiger partial charge is 0.271 e. The number of H-pyrrole nitrogens is 1. The van der Waals surface area contributed by atoms with Crippen molar-refractivity contribution >= 4 is 5.91 Å². The molecule has 0 spiro atoms. The zero-order valence-corrected chi connectivity index (χ0v) is 10.2. The van der Waals surface area contributed by atoms with E-state index in [1.165, 1.54) is 12.1 Å². The third kappa shape index (κ3) is 3.49. The summed E-state index contributed by atoms with van der Waals surface area (Å²) in [5.74, 6) is -0.339. The summed E-state index contributed by atoms with van der Waals surface area (Å²) in [5.41, 5.74) is 7.35. The van der Waals surface area contributed by atoms with Crippen molar-refractivity contribution in [3.63, 3.8) is 0 Å². The number of hydrogen-bond acceptors (Lipinski definition) is 4. The SMILES string of the molecule is NCc1cccc(CNC(=O)c2ccc(=O)[nH]n2)c1. The van der Waals surface area contributed by atoms with Gasteiger partial charge in [0.1, 0.15) is 5.69 Å². The number of benzene rings is 1. The molecular weight excluding hydrogens is 244 g/mol. The van der Waals surface area contributed by atoms with Crippen molar-refractivity contribution in [2.24, 2.45) is 5.73 Å². The molecule has 2 rings (SSSR count). The second-order valence-electron chi connectivity index (χ2n) is 4.01. The van der Waals surface area contributed by atoms with E-state index in [1.807, 2.05) is 24.3 Å². The van der Waals surface area contributed by atoms with Gasteiger partial charge >= 0.3 is 0 Å². The first-order chi connectivity index (χ1) is 9.19. The maximum absolute atomic E-state index is 11.8. The lowest BCUT2D eigenvalue weighted by molar-refractivity contribution is 0.0945. The van der Waals surface area contributed by atoms with Crippen molar-refractivity contribution in [2.45, 2.75) is 13.1 Å².